The van der Waals surface area contributed by atoms with Crippen LogP contribution in [0.5, 0.6) is 0 Å². The van der Waals surface area contributed by atoms with Gasteiger partial charge in [0.25, 0.3) is 0 Å². The van der Waals surface area contributed by atoms with Gasteiger partial charge in [-0.1, -0.05) is 6.92 Å². The molecule has 4 N–H and O–H groups in total. The predicted molar refractivity (Wildman–Crippen MR) is 115 cm³/mol. The van der Waals surface area contributed by atoms with Crippen molar-refractivity contribution in [1.82, 2.24) is 16.0 Å². The fraction of sp³-hybridized carbons (Fsp3) is 0.958. The minimum atomic E-state index is -0.567. The van der Waals surface area contributed by atoms with E-state index in [9.17, 15) is 15.0 Å². The quantitative estimate of drug-likeness (QED) is 0.559. The van der Waals surface area contributed by atoms with Gasteiger partial charge in [0, 0.05) is 25.6 Å². The Hall–Kier alpha value is -0.530. The monoisotopic (exact) mass is 419 g/mol. The first-order valence-electron chi connectivity index (χ1n) is 12.4. The van der Waals surface area contributed by atoms with Gasteiger partial charge in [-0.25, -0.2) is 10.4 Å². The third-order valence-electron chi connectivity index (χ3n) is 10.4. The van der Waals surface area contributed by atoms with Crippen LogP contribution in [0.1, 0.15) is 71.6 Å². The van der Waals surface area contributed by atoms with Gasteiger partial charge < -0.3 is 10.2 Å². The molecule has 8 atom stereocenters. The second kappa shape index (κ2) is 7.51. The highest BCUT2D eigenvalue weighted by Gasteiger charge is 2.62. The van der Waals surface area contributed by atoms with Crippen molar-refractivity contribution < 1.29 is 15.0 Å². The maximum absolute atomic E-state index is 13.3. The number of hydrazine groups is 2. The Bertz CT molecular complexity index is 679. The van der Waals surface area contributed by atoms with Gasteiger partial charge in [0.1, 0.15) is 0 Å². The van der Waals surface area contributed by atoms with Gasteiger partial charge >= 0.3 is 0 Å². The summed E-state index contributed by atoms with van der Waals surface area (Å²) >= 11 is 0. The summed E-state index contributed by atoms with van der Waals surface area (Å²) in [7, 11) is 0. The molecule has 0 radical (unpaired) electrons. The highest BCUT2D eigenvalue weighted by molar-refractivity contribution is 5.84. The first-order chi connectivity index (χ1) is 14.3. The molecule has 170 valence electrons. The van der Waals surface area contributed by atoms with E-state index in [1.165, 1.54) is 12.8 Å². The van der Waals surface area contributed by atoms with E-state index in [4.69, 9.17) is 0 Å². The highest BCUT2D eigenvalue weighted by atomic mass is 16.3. The molecule has 5 rings (SSSR count). The van der Waals surface area contributed by atoms with Crippen LogP contribution in [0.25, 0.3) is 0 Å². The fourth-order valence-electron chi connectivity index (χ4n) is 8.90. The molecule has 0 aromatic rings. The van der Waals surface area contributed by atoms with Crippen LogP contribution in [0.2, 0.25) is 0 Å². The summed E-state index contributed by atoms with van der Waals surface area (Å²) in [5.74, 6) is 2.86. The molecule has 5 aliphatic rings. The van der Waals surface area contributed by atoms with E-state index >= 15 is 0 Å². The van der Waals surface area contributed by atoms with Gasteiger partial charge in [-0.2, -0.15) is 5.53 Å². The molecule has 1 aliphatic heterocycles. The molecule has 4 aliphatic carbocycles. The number of carbonyl (C=O) groups is 1. The predicted octanol–water partition coefficient (Wildman–Crippen LogP) is 2.26. The molecule has 0 spiro atoms. The standard InChI is InChI=1S/C24H41N3O3/c1-22(30)9-10-24(15-28)16(13-22)3-4-17-18-5-6-20(23(18,2)8-7-19(17)24)21(29)14-27-12-11-25-26-27/h16-20,25-26,28,30H,3-15H2,1-2H3/t16-,17-,18-,19-,20+,22+,23-,24+/m0/s1. The third kappa shape index (κ3) is 3.21. The summed E-state index contributed by atoms with van der Waals surface area (Å²) in [6.07, 6.45) is 9.43. The Kier molecular flexibility index (Phi) is 5.34. The average molecular weight is 420 g/mol. The number of aliphatic hydroxyl groups is 2. The van der Waals surface area contributed by atoms with Crippen molar-refractivity contribution in [2.75, 3.05) is 26.2 Å². The SMILES string of the molecule is C[C@@]1(O)CC[C@@]2(CO)[C@@H](CC[C@H]3[C@@H]4CC[C@H](C(=O)CN5CCNN5)[C@@]4(C)CC[C@@H]32)C1. The topological polar surface area (TPSA) is 84.8 Å². The van der Waals surface area contributed by atoms with Gasteiger partial charge in [-0.05, 0) is 99.2 Å². The van der Waals surface area contributed by atoms with E-state index in [1.54, 1.807) is 0 Å². The van der Waals surface area contributed by atoms with Crippen LogP contribution in [0.15, 0.2) is 0 Å². The summed E-state index contributed by atoms with van der Waals surface area (Å²) in [6.45, 7) is 6.94. The molecule has 0 aromatic carbocycles. The van der Waals surface area contributed by atoms with Crippen molar-refractivity contribution in [3.05, 3.63) is 0 Å². The zero-order valence-electron chi connectivity index (χ0n) is 18.8. The van der Waals surface area contributed by atoms with Crippen LogP contribution >= 0.6 is 0 Å². The lowest BCUT2D eigenvalue weighted by atomic mass is 9.43. The van der Waals surface area contributed by atoms with Crippen molar-refractivity contribution >= 4 is 5.78 Å². The van der Waals surface area contributed by atoms with E-state index in [1.807, 2.05) is 11.9 Å². The molecular weight excluding hydrogens is 378 g/mol. The molecule has 6 nitrogen and oxygen atoms in total. The molecule has 0 bridgehead atoms. The van der Waals surface area contributed by atoms with Crippen molar-refractivity contribution in [2.24, 2.45) is 40.4 Å². The van der Waals surface area contributed by atoms with Gasteiger partial charge in [0.05, 0.1) is 12.1 Å². The van der Waals surface area contributed by atoms with Gasteiger partial charge in [-0.3, -0.25) is 4.79 Å². The molecule has 6 heteroatoms. The Labute approximate surface area is 181 Å². The average Bonchev–Trinajstić information content (AvgIpc) is 3.34. The number of ketones is 1. The molecule has 4 saturated carbocycles. The number of aliphatic hydroxyl groups excluding tert-OH is 1. The Morgan fingerprint density at radius 3 is 2.63 bits per heavy atom. The maximum atomic E-state index is 13.3. The largest absolute Gasteiger partial charge is 0.396 e. The summed E-state index contributed by atoms with van der Waals surface area (Å²) in [5, 5.41) is 23.3. The number of hydrogen-bond donors (Lipinski definition) is 4. The van der Waals surface area contributed by atoms with Crippen LogP contribution in [0.4, 0.5) is 0 Å². The van der Waals surface area contributed by atoms with Gasteiger partial charge in [-0.15, -0.1) is 0 Å². The van der Waals surface area contributed by atoms with E-state index in [0.29, 0.717) is 36.0 Å². The molecule has 30 heavy (non-hydrogen) atoms. The van der Waals surface area contributed by atoms with Crippen LogP contribution in [-0.4, -0.2) is 52.8 Å². The second-order valence-electron chi connectivity index (χ2n) is 11.8. The van der Waals surface area contributed by atoms with E-state index in [2.05, 4.69) is 17.9 Å². The molecule has 0 aromatic heterocycles. The third-order valence-corrected chi connectivity index (χ3v) is 10.4. The number of fused-ring (bicyclic) bond motifs is 5. The summed E-state index contributed by atoms with van der Waals surface area (Å²) < 4.78 is 0. The zero-order chi connectivity index (χ0) is 21.1. The van der Waals surface area contributed by atoms with Crippen LogP contribution in [-0.2, 0) is 4.79 Å². The lowest BCUT2D eigenvalue weighted by Gasteiger charge is -2.62. The molecule has 0 amide bonds. The van der Waals surface area contributed by atoms with Crippen molar-refractivity contribution in [3.8, 4) is 0 Å². The smallest absolute Gasteiger partial charge is 0.151 e. The summed E-state index contributed by atoms with van der Waals surface area (Å²) in [4.78, 5) is 13.3. The molecule has 0 unspecified atom stereocenters. The number of hydrogen-bond acceptors (Lipinski definition) is 6. The Morgan fingerprint density at radius 1 is 1.07 bits per heavy atom. The van der Waals surface area contributed by atoms with Crippen LogP contribution in [0, 0.1) is 40.4 Å². The van der Waals surface area contributed by atoms with Crippen LogP contribution in [0.3, 0.4) is 0 Å². The number of Topliss-reactive ketones (excluding diaryl/α,β-unsaturated/α-hetero) is 1. The fourth-order valence-corrected chi connectivity index (χ4v) is 8.90. The molecule has 1 heterocycles. The van der Waals surface area contributed by atoms with E-state index in [0.717, 1.165) is 58.0 Å². The number of rotatable bonds is 4. The lowest BCUT2D eigenvalue weighted by molar-refractivity contribution is -0.171. The first kappa shape index (κ1) is 21.3. The van der Waals surface area contributed by atoms with Crippen molar-refractivity contribution in [1.29, 1.82) is 0 Å². The number of carbonyl (C=O) groups excluding carboxylic acids is 1. The molecule has 5 fully saturated rings. The van der Waals surface area contributed by atoms with E-state index < -0.39 is 5.60 Å². The minimum absolute atomic E-state index is 0.000275. The first-order valence-corrected chi connectivity index (χ1v) is 12.4. The summed E-state index contributed by atoms with van der Waals surface area (Å²) in [5.41, 5.74) is 5.75. The zero-order valence-corrected chi connectivity index (χ0v) is 18.8. The number of nitrogens with one attached hydrogen (secondary N) is 2. The van der Waals surface area contributed by atoms with Gasteiger partial charge in [0.15, 0.2) is 5.78 Å². The van der Waals surface area contributed by atoms with Crippen LogP contribution < -0.4 is 11.0 Å². The second-order valence-corrected chi connectivity index (χ2v) is 11.8. The van der Waals surface area contributed by atoms with Crippen molar-refractivity contribution in [2.45, 2.75) is 77.2 Å². The minimum Gasteiger partial charge on any atom is -0.396 e. The normalized spacial score (nSPS) is 51.3. The Balaban J connectivity index is 1.35. The molecular formula is C24H41N3O3. The Morgan fingerprint density at radius 2 is 1.90 bits per heavy atom. The molecule has 1 saturated heterocycles. The van der Waals surface area contributed by atoms with Crippen molar-refractivity contribution in [3.63, 3.8) is 0 Å². The maximum Gasteiger partial charge on any atom is 0.151 e. The summed E-state index contributed by atoms with van der Waals surface area (Å²) in [6, 6.07) is 0. The number of nitrogens with zero attached hydrogens (tertiary/aromatic N) is 1. The highest BCUT2D eigenvalue weighted by Crippen LogP contribution is 2.68. The lowest BCUT2D eigenvalue weighted by Crippen LogP contribution is -2.58. The van der Waals surface area contributed by atoms with E-state index in [-0.39, 0.29) is 23.4 Å². The van der Waals surface area contributed by atoms with Gasteiger partial charge in [0.2, 0.25) is 0 Å².